The molecular weight excluding hydrogens is 427 g/mol. The fourth-order valence-electron chi connectivity index (χ4n) is 2.65. The van der Waals surface area contributed by atoms with Gasteiger partial charge >= 0.3 is 0 Å². The summed E-state index contributed by atoms with van der Waals surface area (Å²) < 4.78 is 15.1. The minimum atomic E-state index is -2.70. The third kappa shape index (κ3) is 3.50. The normalized spacial score (nSPS) is 11.7. The molecule has 0 spiro atoms. The van der Waals surface area contributed by atoms with Crippen molar-refractivity contribution < 1.29 is 4.57 Å². The first-order chi connectivity index (χ1) is 11.7. The van der Waals surface area contributed by atoms with E-state index in [2.05, 4.69) is 31.2 Å². The molecule has 0 saturated heterocycles. The van der Waals surface area contributed by atoms with Crippen LogP contribution in [0.2, 0.25) is 5.28 Å². The Morgan fingerprint density at radius 1 is 1.24 bits per heavy atom. The number of hydrogen-bond acceptors (Lipinski definition) is 5. The Morgan fingerprint density at radius 2 is 1.96 bits per heavy atom. The SMILES string of the molecule is Cn1ccc2c(P(C)(C)=O)c(Nc3nc(Cl)ncc3Br)ccc2c1=O. The van der Waals surface area contributed by atoms with Crippen LogP contribution in [0.25, 0.3) is 10.8 Å². The fraction of sp³-hybridized carbons (Fsp3) is 0.188. The van der Waals surface area contributed by atoms with E-state index in [0.717, 1.165) is 0 Å². The molecule has 9 heteroatoms. The molecule has 0 saturated carbocycles. The fourth-order valence-corrected chi connectivity index (χ4v) is 4.56. The number of nitrogens with zero attached hydrogens (tertiary/aromatic N) is 3. The second-order valence-electron chi connectivity index (χ2n) is 5.97. The van der Waals surface area contributed by atoms with Crippen LogP contribution < -0.4 is 16.2 Å². The van der Waals surface area contributed by atoms with E-state index in [1.54, 1.807) is 44.8 Å². The second kappa shape index (κ2) is 6.56. The molecule has 1 N–H and O–H groups in total. The number of nitrogens with one attached hydrogen (secondary N) is 1. The molecule has 0 bridgehead atoms. The predicted molar refractivity (Wildman–Crippen MR) is 106 cm³/mol. The molecule has 0 aliphatic heterocycles. The average Bonchev–Trinajstić information content (AvgIpc) is 2.53. The summed E-state index contributed by atoms with van der Waals surface area (Å²) in [5.41, 5.74) is 0.481. The van der Waals surface area contributed by atoms with Crippen molar-refractivity contribution in [2.75, 3.05) is 18.6 Å². The predicted octanol–water partition coefficient (Wildman–Crippen LogP) is 3.74. The van der Waals surface area contributed by atoms with E-state index in [0.29, 0.717) is 32.1 Å². The van der Waals surface area contributed by atoms with Crippen molar-refractivity contribution in [2.24, 2.45) is 7.05 Å². The first-order valence-electron chi connectivity index (χ1n) is 7.31. The van der Waals surface area contributed by atoms with E-state index in [9.17, 15) is 9.36 Å². The van der Waals surface area contributed by atoms with E-state index < -0.39 is 7.14 Å². The molecule has 130 valence electrons. The number of hydrogen-bond donors (Lipinski definition) is 1. The van der Waals surface area contributed by atoms with Crippen LogP contribution in [0.15, 0.2) is 39.9 Å². The molecule has 0 radical (unpaired) electrons. The lowest BCUT2D eigenvalue weighted by Crippen LogP contribution is -2.20. The highest BCUT2D eigenvalue weighted by Gasteiger charge is 2.22. The van der Waals surface area contributed by atoms with Gasteiger partial charge in [0.15, 0.2) is 0 Å². The number of anilines is 2. The molecule has 0 atom stereocenters. The van der Waals surface area contributed by atoms with E-state index in [1.807, 2.05) is 0 Å². The van der Waals surface area contributed by atoms with Gasteiger partial charge in [-0.1, -0.05) is 0 Å². The minimum Gasteiger partial charge on any atom is -0.339 e. The van der Waals surface area contributed by atoms with Crippen LogP contribution in [0.5, 0.6) is 0 Å². The lowest BCUT2D eigenvalue weighted by molar-refractivity contribution is 0.588. The van der Waals surface area contributed by atoms with Crippen LogP contribution in [0.1, 0.15) is 0 Å². The first kappa shape index (κ1) is 18.1. The number of aryl methyl sites for hydroxylation is 1. The summed E-state index contributed by atoms with van der Waals surface area (Å²) in [5.74, 6) is 0.456. The first-order valence-corrected chi connectivity index (χ1v) is 11.1. The summed E-state index contributed by atoms with van der Waals surface area (Å²) in [6.07, 6.45) is 3.21. The second-order valence-corrected chi connectivity index (χ2v) is 10.3. The number of pyridine rings is 1. The zero-order chi connectivity index (χ0) is 18.4. The topological polar surface area (TPSA) is 76.9 Å². The molecule has 0 aliphatic carbocycles. The molecule has 25 heavy (non-hydrogen) atoms. The van der Waals surface area contributed by atoms with Crippen molar-refractivity contribution in [1.29, 1.82) is 0 Å². The lowest BCUT2D eigenvalue weighted by atomic mass is 10.1. The molecule has 0 fully saturated rings. The van der Waals surface area contributed by atoms with Crippen molar-refractivity contribution in [3.05, 3.63) is 50.7 Å². The zero-order valence-corrected chi connectivity index (χ0v) is 17.0. The van der Waals surface area contributed by atoms with Crippen molar-refractivity contribution in [1.82, 2.24) is 14.5 Å². The summed E-state index contributed by atoms with van der Waals surface area (Å²) in [7, 11) is -1.02. The van der Waals surface area contributed by atoms with Crippen LogP contribution in [0.3, 0.4) is 0 Å². The Hall–Kier alpha value is -1.69. The number of rotatable bonds is 3. The largest absolute Gasteiger partial charge is 0.339 e. The van der Waals surface area contributed by atoms with Gasteiger partial charge in [-0.25, -0.2) is 4.98 Å². The van der Waals surface area contributed by atoms with Crippen LogP contribution >= 0.6 is 34.7 Å². The maximum absolute atomic E-state index is 13.0. The molecule has 3 rings (SSSR count). The smallest absolute Gasteiger partial charge is 0.258 e. The van der Waals surface area contributed by atoms with Gasteiger partial charge in [0.05, 0.1) is 10.2 Å². The molecule has 0 unspecified atom stereocenters. The summed E-state index contributed by atoms with van der Waals surface area (Å²) in [6.45, 7) is 3.35. The van der Waals surface area contributed by atoms with E-state index in [-0.39, 0.29) is 10.8 Å². The van der Waals surface area contributed by atoms with Crippen molar-refractivity contribution in [3.63, 3.8) is 0 Å². The number of aromatic nitrogens is 3. The maximum atomic E-state index is 13.0. The van der Waals surface area contributed by atoms with Crippen LogP contribution in [0.4, 0.5) is 11.5 Å². The Labute approximate surface area is 157 Å². The van der Waals surface area contributed by atoms with Gasteiger partial charge in [0.1, 0.15) is 13.0 Å². The van der Waals surface area contributed by atoms with Gasteiger partial charge in [-0.15, -0.1) is 0 Å². The van der Waals surface area contributed by atoms with Crippen LogP contribution in [-0.4, -0.2) is 27.9 Å². The van der Waals surface area contributed by atoms with Crippen molar-refractivity contribution in [3.8, 4) is 0 Å². The molecule has 0 aliphatic rings. The van der Waals surface area contributed by atoms with Crippen LogP contribution in [0, 0.1) is 0 Å². The Bertz CT molecular complexity index is 1090. The molecule has 2 aromatic heterocycles. The average molecular weight is 442 g/mol. The third-order valence-corrected chi connectivity index (χ3v) is 6.06. The van der Waals surface area contributed by atoms with Crippen molar-refractivity contribution >= 4 is 62.3 Å². The van der Waals surface area contributed by atoms with Gasteiger partial charge < -0.3 is 14.4 Å². The van der Waals surface area contributed by atoms with E-state index in [4.69, 9.17) is 11.6 Å². The lowest BCUT2D eigenvalue weighted by Gasteiger charge is -2.18. The molecule has 6 nitrogen and oxygen atoms in total. The summed E-state index contributed by atoms with van der Waals surface area (Å²) in [4.78, 5) is 20.4. The minimum absolute atomic E-state index is 0.0955. The highest BCUT2D eigenvalue weighted by atomic mass is 79.9. The zero-order valence-electron chi connectivity index (χ0n) is 13.7. The molecule has 0 amide bonds. The Balaban J connectivity index is 2.29. The number of benzene rings is 1. The van der Waals surface area contributed by atoms with Crippen molar-refractivity contribution in [2.45, 2.75) is 0 Å². The Kier molecular flexibility index (Phi) is 4.75. The molecule has 1 aromatic carbocycles. The quantitative estimate of drug-likeness (QED) is 0.495. The molecular formula is C16H15BrClN4O2P. The maximum Gasteiger partial charge on any atom is 0.258 e. The standard InChI is InChI=1S/C16H15BrClN4O2P/c1-22-7-6-9-10(15(22)23)4-5-12(13(9)25(2,3)24)20-14-11(17)8-19-16(18)21-14/h4-8H,1-3H3,(H,19,20,21). The third-order valence-electron chi connectivity index (χ3n) is 3.74. The van der Waals surface area contributed by atoms with Crippen LogP contribution in [-0.2, 0) is 11.6 Å². The highest BCUT2D eigenvalue weighted by molar-refractivity contribution is 9.10. The number of halogens is 2. The van der Waals surface area contributed by atoms with Gasteiger partial charge in [0.25, 0.3) is 5.56 Å². The summed E-state index contributed by atoms with van der Waals surface area (Å²) >= 11 is 9.23. The van der Waals surface area contributed by atoms with Gasteiger partial charge in [-0.2, -0.15) is 4.98 Å². The highest BCUT2D eigenvalue weighted by Crippen LogP contribution is 2.41. The Morgan fingerprint density at radius 3 is 2.64 bits per heavy atom. The van der Waals surface area contributed by atoms with E-state index in [1.165, 1.54) is 10.8 Å². The molecule has 3 aromatic rings. The van der Waals surface area contributed by atoms with Gasteiger partial charge in [-0.3, -0.25) is 4.79 Å². The summed E-state index contributed by atoms with van der Waals surface area (Å²) in [5, 5.41) is 5.03. The van der Waals surface area contributed by atoms with Gasteiger partial charge in [-0.05, 0) is 59.1 Å². The summed E-state index contributed by atoms with van der Waals surface area (Å²) in [6, 6.07) is 5.26. The monoisotopic (exact) mass is 440 g/mol. The molecule has 2 heterocycles. The van der Waals surface area contributed by atoms with E-state index >= 15 is 0 Å². The van der Waals surface area contributed by atoms with Gasteiger partial charge in [0.2, 0.25) is 5.28 Å². The van der Waals surface area contributed by atoms with Gasteiger partial charge in [0, 0.05) is 35.5 Å². The number of fused-ring (bicyclic) bond motifs is 1.